The highest BCUT2D eigenvalue weighted by molar-refractivity contribution is 5.99. The van der Waals surface area contributed by atoms with Crippen molar-refractivity contribution < 1.29 is 9.59 Å². The zero-order valence-corrected chi connectivity index (χ0v) is 9.17. The van der Waals surface area contributed by atoms with E-state index < -0.39 is 0 Å². The van der Waals surface area contributed by atoms with E-state index in [1.807, 2.05) is 25.1 Å². The van der Waals surface area contributed by atoms with Crippen LogP contribution in [-0.2, 0) is 22.6 Å². The summed E-state index contributed by atoms with van der Waals surface area (Å²) in [5.41, 5.74) is 2.92. The van der Waals surface area contributed by atoms with Crippen LogP contribution < -0.4 is 10.6 Å². The van der Waals surface area contributed by atoms with Gasteiger partial charge in [0.25, 0.3) is 0 Å². The van der Waals surface area contributed by atoms with Gasteiger partial charge in [-0.3, -0.25) is 9.59 Å². The van der Waals surface area contributed by atoms with Crippen LogP contribution >= 0.6 is 0 Å². The third-order valence-electron chi connectivity index (χ3n) is 2.61. The number of hydrogen-bond donors (Lipinski definition) is 2. The number of carbonyl (C=O) groups is 2. The number of anilines is 1. The highest BCUT2D eigenvalue weighted by atomic mass is 16.2. The van der Waals surface area contributed by atoms with Crippen LogP contribution in [0.15, 0.2) is 18.2 Å². The number of benzene rings is 1. The van der Waals surface area contributed by atoms with Crippen LogP contribution in [0.1, 0.15) is 24.5 Å². The Morgan fingerprint density at radius 3 is 3.06 bits per heavy atom. The van der Waals surface area contributed by atoms with Crippen LogP contribution in [0.5, 0.6) is 0 Å². The van der Waals surface area contributed by atoms with E-state index in [0.29, 0.717) is 19.4 Å². The summed E-state index contributed by atoms with van der Waals surface area (Å²) in [6.45, 7) is 2.34. The highest BCUT2D eigenvalue weighted by Gasteiger charge is 2.17. The van der Waals surface area contributed by atoms with Crippen molar-refractivity contribution >= 4 is 17.5 Å². The molecule has 0 bridgehead atoms. The van der Waals surface area contributed by atoms with Gasteiger partial charge in [-0.05, 0) is 17.2 Å². The Balaban J connectivity index is 2.05. The SMILES string of the molecule is CCC(=O)NCc1ccc2c(c1)CC(=O)N2. The standard InChI is InChI=1S/C12H14N2O2/c1-2-11(15)13-7-8-3-4-10-9(5-8)6-12(16)14-10/h3-5H,2,6-7H2,1H3,(H,13,15)(H,14,16). The molecule has 2 amide bonds. The third-order valence-corrected chi connectivity index (χ3v) is 2.61. The minimum atomic E-state index is 0.0322. The Kier molecular flexibility index (Phi) is 2.90. The molecule has 16 heavy (non-hydrogen) atoms. The average molecular weight is 218 g/mol. The van der Waals surface area contributed by atoms with Gasteiger partial charge in [-0.15, -0.1) is 0 Å². The number of amides is 2. The quantitative estimate of drug-likeness (QED) is 0.801. The van der Waals surface area contributed by atoms with Gasteiger partial charge < -0.3 is 10.6 Å². The maximum absolute atomic E-state index is 11.1. The summed E-state index contributed by atoms with van der Waals surface area (Å²) >= 11 is 0. The van der Waals surface area contributed by atoms with Gasteiger partial charge >= 0.3 is 0 Å². The van der Waals surface area contributed by atoms with Crippen LogP contribution in [0.25, 0.3) is 0 Å². The second kappa shape index (κ2) is 4.35. The molecule has 2 N–H and O–H groups in total. The summed E-state index contributed by atoms with van der Waals surface area (Å²) in [6, 6.07) is 5.76. The van der Waals surface area contributed by atoms with Crippen LogP contribution in [0.2, 0.25) is 0 Å². The monoisotopic (exact) mass is 218 g/mol. The van der Waals surface area contributed by atoms with Gasteiger partial charge in [0, 0.05) is 18.7 Å². The van der Waals surface area contributed by atoms with E-state index in [4.69, 9.17) is 0 Å². The second-order valence-electron chi connectivity index (χ2n) is 3.85. The minimum Gasteiger partial charge on any atom is -0.352 e. The summed E-state index contributed by atoms with van der Waals surface area (Å²) < 4.78 is 0. The van der Waals surface area contributed by atoms with Gasteiger partial charge in [0.1, 0.15) is 0 Å². The zero-order valence-electron chi connectivity index (χ0n) is 9.17. The molecule has 84 valence electrons. The molecule has 4 heteroatoms. The summed E-state index contributed by atoms with van der Waals surface area (Å²) in [7, 11) is 0. The smallest absolute Gasteiger partial charge is 0.228 e. The van der Waals surface area contributed by atoms with Gasteiger partial charge in [-0.25, -0.2) is 0 Å². The Morgan fingerprint density at radius 1 is 1.50 bits per heavy atom. The van der Waals surface area contributed by atoms with Crippen molar-refractivity contribution in [3.8, 4) is 0 Å². The first-order valence-corrected chi connectivity index (χ1v) is 5.37. The molecule has 0 spiro atoms. The first kappa shape index (κ1) is 10.7. The van der Waals surface area contributed by atoms with Crippen molar-refractivity contribution in [3.63, 3.8) is 0 Å². The van der Waals surface area contributed by atoms with Crippen LogP contribution in [0, 0.1) is 0 Å². The number of carbonyl (C=O) groups excluding carboxylic acids is 2. The van der Waals surface area contributed by atoms with Gasteiger partial charge in [0.15, 0.2) is 0 Å². The van der Waals surface area contributed by atoms with E-state index in [0.717, 1.165) is 16.8 Å². The molecule has 1 aliphatic heterocycles. The summed E-state index contributed by atoms with van der Waals surface area (Å²) in [5, 5.41) is 5.58. The molecule has 0 radical (unpaired) electrons. The molecule has 0 unspecified atom stereocenters. The topological polar surface area (TPSA) is 58.2 Å². The number of rotatable bonds is 3. The maximum Gasteiger partial charge on any atom is 0.228 e. The number of fused-ring (bicyclic) bond motifs is 1. The molecule has 1 aromatic rings. The zero-order chi connectivity index (χ0) is 11.5. The van der Waals surface area contributed by atoms with Crippen molar-refractivity contribution in [2.75, 3.05) is 5.32 Å². The van der Waals surface area contributed by atoms with E-state index in [9.17, 15) is 9.59 Å². The molecule has 1 heterocycles. The van der Waals surface area contributed by atoms with Crippen LogP contribution in [0.4, 0.5) is 5.69 Å². The summed E-state index contributed by atoms with van der Waals surface area (Å²) in [4.78, 5) is 22.2. The minimum absolute atomic E-state index is 0.0322. The maximum atomic E-state index is 11.1. The fourth-order valence-electron chi connectivity index (χ4n) is 1.72. The lowest BCUT2D eigenvalue weighted by molar-refractivity contribution is -0.121. The number of hydrogen-bond acceptors (Lipinski definition) is 2. The Bertz CT molecular complexity index is 441. The Morgan fingerprint density at radius 2 is 2.31 bits per heavy atom. The van der Waals surface area contributed by atoms with E-state index in [2.05, 4.69) is 10.6 Å². The molecule has 0 aromatic heterocycles. The molecular formula is C12H14N2O2. The molecule has 2 rings (SSSR count). The van der Waals surface area contributed by atoms with Crippen molar-refractivity contribution in [1.29, 1.82) is 0 Å². The molecular weight excluding hydrogens is 204 g/mol. The molecule has 0 saturated carbocycles. The average Bonchev–Trinajstić information content (AvgIpc) is 2.65. The largest absolute Gasteiger partial charge is 0.352 e. The highest BCUT2D eigenvalue weighted by Crippen LogP contribution is 2.23. The molecule has 4 nitrogen and oxygen atoms in total. The van der Waals surface area contributed by atoms with Gasteiger partial charge in [-0.1, -0.05) is 19.1 Å². The van der Waals surface area contributed by atoms with Crippen molar-refractivity contribution in [3.05, 3.63) is 29.3 Å². The molecule has 0 saturated heterocycles. The fourth-order valence-corrected chi connectivity index (χ4v) is 1.72. The van der Waals surface area contributed by atoms with E-state index >= 15 is 0 Å². The summed E-state index contributed by atoms with van der Waals surface area (Å²) in [6.07, 6.45) is 0.926. The molecule has 1 aliphatic rings. The van der Waals surface area contributed by atoms with E-state index in [-0.39, 0.29) is 11.8 Å². The fraction of sp³-hybridized carbons (Fsp3) is 0.333. The Labute approximate surface area is 94.0 Å². The second-order valence-corrected chi connectivity index (χ2v) is 3.85. The van der Waals surface area contributed by atoms with Gasteiger partial charge in [0.2, 0.25) is 11.8 Å². The molecule has 0 aliphatic carbocycles. The molecule has 0 atom stereocenters. The normalized spacial score (nSPS) is 13.2. The van der Waals surface area contributed by atoms with E-state index in [1.165, 1.54) is 0 Å². The Hall–Kier alpha value is -1.84. The predicted octanol–water partition coefficient (Wildman–Crippen LogP) is 1.21. The first-order chi connectivity index (χ1) is 7.69. The van der Waals surface area contributed by atoms with Crippen LogP contribution in [0.3, 0.4) is 0 Å². The lowest BCUT2D eigenvalue weighted by atomic mass is 10.1. The summed E-state index contributed by atoms with van der Waals surface area (Å²) in [5.74, 6) is 0.0689. The van der Waals surface area contributed by atoms with Crippen LogP contribution in [-0.4, -0.2) is 11.8 Å². The molecule has 1 aromatic carbocycles. The third kappa shape index (κ3) is 2.21. The van der Waals surface area contributed by atoms with Gasteiger partial charge in [-0.2, -0.15) is 0 Å². The molecule has 0 fully saturated rings. The van der Waals surface area contributed by atoms with Crippen molar-refractivity contribution in [2.45, 2.75) is 26.3 Å². The number of nitrogens with one attached hydrogen (secondary N) is 2. The van der Waals surface area contributed by atoms with Crippen molar-refractivity contribution in [2.24, 2.45) is 0 Å². The lowest BCUT2D eigenvalue weighted by Gasteiger charge is -2.05. The predicted molar refractivity (Wildman–Crippen MR) is 60.9 cm³/mol. The van der Waals surface area contributed by atoms with Gasteiger partial charge in [0.05, 0.1) is 6.42 Å². The van der Waals surface area contributed by atoms with Crippen molar-refractivity contribution in [1.82, 2.24) is 5.32 Å². The lowest BCUT2D eigenvalue weighted by Crippen LogP contribution is -2.21. The van der Waals surface area contributed by atoms with E-state index in [1.54, 1.807) is 0 Å². The first-order valence-electron chi connectivity index (χ1n) is 5.37.